The van der Waals surface area contributed by atoms with E-state index in [4.69, 9.17) is 39.8 Å². The van der Waals surface area contributed by atoms with E-state index in [2.05, 4.69) is 6.07 Å². The summed E-state index contributed by atoms with van der Waals surface area (Å²) in [6.07, 6.45) is 0.346. The number of halogens is 3. The Labute approximate surface area is 197 Å². The second-order valence-corrected chi connectivity index (χ2v) is 8.83. The van der Waals surface area contributed by atoms with Gasteiger partial charge in [0.1, 0.15) is 6.07 Å². The Morgan fingerprint density at radius 2 is 1.68 bits per heavy atom. The first-order valence-corrected chi connectivity index (χ1v) is 10.8. The molecule has 7 heteroatoms. The normalized spacial score (nSPS) is 10.8. The summed E-state index contributed by atoms with van der Waals surface area (Å²) in [5.74, 6) is 0.345. The van der Waals surface area contributed by atoms with E-state index in [1.54, 1.807) is 43.4 Å². The summed E-state index contributed by atoms with van der Waals surface area (Å²) < 4.78 is 0. The van der Waals surface area contributed by atoms with Crippen molar-refractivity contribution in [1.82, 2.24) is 4.98 Å². The molecule has 0 saturated carbocycles. The van der Waals surface area contributed by atoms with Gasteiger partial charge in [-0.2, -0.15) is 5.26 Å². The van der Waals surface area contributed by atoms with Crippen molar-refractivity contribution in [2.45, 2.75) is 20.3 Å². The second-order valence-electron chi connectivity index (χ2n) is 7.55. The molecule has 0 unspecified atom stereocenters. The number of anilines is 1. The maximum Gasteiger partial charge on any atom is 0.228 e. The standard InChI is InChI=1S/C24H20Cl3N3O/c1-14(2)10-22(31)30(3)24-16(13-28)11-20(15-4-6-17(25)7-5-15)23(29-24)19-9-8-18(26)12-21(19)27/h4-9,11-12,14H,10H2,1-3H3. The van der Waals surface area contributed by atoms with Crippen LogP contribution in [0.15, 0.2) is 48.5 Å². The molecule has 0 spiro atoms. The van der Waals surface area contributed by atoms with Crippen LogP contribution in [-0.4, -0.2) is 17.9 Å². The lowest BCUT2D eigenvalue weighted by Gasteiger charge is -2.21. The van der Waals surface area contributed by atoms with Gasteiger partial charge in [0, 0.05) is 34.6 Å². The lowest BCUT2D eigenvalue weighted by atomic mass is 9.97. The molecule has 0 atom stereocenters. The van der Waals surface area contributed by atoms with Crippen LogP contribution in [-0.2, 0) is 4.79 Å². The van der Waals surface area contributed by atoms with E-state index < -0.39 is 0 Å². The first kappa shape index (κ1) is 23.1. The Morgan fingerprint density at radius 3 is 2.26 bits per heavy atom. The zero-order chi connectivity index (χ0) is 22.7. The first-order chi connectivity index (χ1) is 14.7. The van der Waals surface area contributed by atoms with Gasteiger partial charge in [0.25, 0.3) is 0 Å². The minimum atomic E-state index is -0.119. The van der Waals surface area contributed by atoms with Crippen LogP contribution in [0, 0.1) is 17.2 Å². The van der Waals surface area contributed by atoms with Crippen LogP contribution >= 0.6 is 34.8 Å². The molecule has 0 radical (unpaired) electrons. The molecule has 0 aliphatic heterocycles. The quantitative estimate of drug-likeness (QED) is 0.393. The highest BCUT2D eigenvalue weighted by Gasteiger charge is 2.22. The Balaban J connectivity index is 2.27. The number of hydrogen-bond donors (Lipinski definition) is 0. The fourth-order valence-electron chi connectivity index (χ4n) is 3.18. The summed E-state index contributed by atoms with van der Waals surface area (Å²) in [5.41, 5.74) is 3.00. The lowest BCUT2D eigenvalue weighted by Crippen LogP contribution is -2.29. The molecular formula is C24H20Cl3N3O. The predicted molar refractivity (Wildman–Crippen MR) is 128 cm³/mol. The number of amides is 1. The molecule has 0 bridgehead atoms. The Bertz CT molecular complexity index is 1170. The van der Waals surface area contributed by atoms with E-state index in [1.807, 2.05) is 26.0 Å². The number of aromatic nitrogens is 1. The third kappa shape index (κ3) is 5.19. The molecule has 2 aromatic carbocycles. The van der Waals surface area contributed by atoms with Crippen molar-refractivity contribution in [3.8, 4) is 28.5 Å². The Morgan fingerprint density at radius 1 is 1.03 bits per heavy atom. The van der Waals surface area contributed by atoms with Crippen LogP contribution in [0.3, 0.4) is 0 Å². The van der Waals surface area contributed by atoms with Crippen molar-refractivity contribution >= 4 is 46.5 Å². The van der Waals surface area contributed by atoms with Gasteiger partial charge >= 0.3 is 0 Å². The molecule has 1 heterocycles. The Hall–Kier alpha value is -2.58. The number of carbonyl (C=O) groups excluding carboxylic acids is 1. The molecule has 3 rings (SSSR count). The van der Waals surface area contributed by atoms with Crippen molar-refractivity contribution in [1.29, 1.82) is 5.26 Å². The second kappa shape index (κ2) is 9.70. The van der Waals surface area contributed by atoms with Crippen molar-refractivity contribution in [2.75, 3.05) is 11.9 Å². The number of nitrogens with zero attached hydrogens (tertiary/aromatic N) is 3. The molecule has 1 amide bonds. The predicted octanol–water partition coefficient (Wildman–Crippen LogP) is 7.26. The molecule has 0 aliphatic rings. The zero-order valence-corrected chi connectivity index (χ0v) is 19.6. The molecule has 0 saturated heterocycles. The van der Waals surface area contributed by atoms with Gasteiger partial charge in [-0.05, 0) is 47.9 Å². The molecule has 4 nitrogen and oxygen atoms in total. The molecular weight excluding hydrogens is 453 g/mol. The highest BCUT2D eigenvalue weighted by molar-refractivity contribution is 6.36. The van der Waals surface area contributed by atoms with Gasteiger partial charge in [-0.3, -0.25) is 9.69 Å². The minimum Gasteiger partial charge on any atom is -0.299 e. The van der Waals surface area contributed by atoms with Crippen LogP contribution < -0.4 is 4.90 Å². The van der Waals surface area contributed by atoms with Gasteiger partial charge in [-0.1, -0.05) is 60.8 Å². The van der Waals surface area contributed by atoms with E-state index in [9.17, 15) is 10.1 Å². The van der Waals surface area contributed by atoms with Gasteiger partial charge in [0.15, 0.2) is 5.82 Å². The van der Waals surface area contributed by atoms with Crippen molar-refractivity contribution in [3.63, 3.8) is 0 Å². The van der Waals surface area contributed by atoms with Gasteiger partial charge in [0.2, 0.25) is 5.91 Å². The molecule has 0 aliphatic carbocycles. The number of benzene rings is 2. The molecule has 31 heavy (non-hydrogen) atoms. The number of hydrogen-bond acceptors (Lipinski definition) is 3. The van der Waals surface area contributed by atoms with E-state index in [0.717, 1.165) is 5.56 Å². The first-order valence-electron chi connectivity index (χ1n) is 9.64. The largest absolute Gasteiger partial charge is 0.299 e. The summed E-state index contributed by atoms with van der Waals surface area (Å²) >= 11 is 18.6. The summed E-state index contributed by atoms with van der Waals surface area (Å²) in [6, 6.07) is 16.3. The smallest absolute Gasteiger partial charge is 0.228 e. The zero-order valence-electron chi connectivity index (χ0n) is 17.3. The Kier molecular flexibility index (Phi) is 7.23. The molecule has 158 valence electrons. The van der Waals surface area contributed by atoms with Crippen LogP contribution in [0.1, 0.15) is 25.8 Å². The summed E-state index contributed by atoms with van der Waals surface area (Å²) in [7, 11) is 1.63. The third-order valence-electron chi connectivity index (χ3n) is 4.74. The van der Waals surface area contributed by atoms with Gasteiger partial charge in [-0.25, -0.2) is 4.98 Å². The average Bonchev–Trinajstić information content (AvgIpc) is 2.72. The lowest BCUT2D eigenvalue weighted by molar-refractivity contribution is -0.119. The summed E-state index contributed by atoms with van der Waals surface area (Å²) in [6.45, 7) is 3.93. The third-order valence-corrected chi connectivity index (χ3v) is 5.54. The average molecular weight is 473 g/mol. The van der Waals surface area contributed by atoms with Crippen LogP contribution in [0.25, 0.3) is 22.4 Å². The highest BCUT2D eigenvalue weighted by atomic mass is 35.5. The van der Waals surface area contributed by atoms with Crippen LogP contribution in [0.2, 0.25) is 15.1 Å². The number of rotatable bonds is 5. The van der Waals surface area contributed by atoms with E-state index >= 15 is 0 Å². The summed E-state index contributed by atoms with van der Waals surface area (Å²) in [4.78, 5) is 18.9. The number of nitriles is 1. The molecule has 0 fully saturated rings. The van der Waals surface area contributed by atoms with E-state index in [1.165, 1.54) is 4.90 Å². The SMILES string of the molecule is CC(C)CC(=O)N(C)c1nc(-c2ccc(Cl)cc2Cl)c(-c2ccc(Cl)cc2)cc1C#N. The van der Waals surface area contributed by atoms with Crippen LogP contribution in [0.5, 0.6) is 0 Å². The van der Waals surface area contributed by atoms with Gasteiger partial charge in [-0.15, -0.1) is 0 Å². The fraction of sp³-hybridized carbons (Fsp3) is 0.208. The van der Waals surface area contributed by atoms with Crippen molar-refractivity contribution in [3.05, 3.63) is 69.2 Å². The molecule has 3 aromatic rings. The van der Waals surface area contributed by atoms with E-state index in [-0.39, 0.29) is 17.6 Å². The van der Waals surface area contributed by atoms with Crippen molar-refractivity contribution < 1.29 is 4.79 Å². The van der Waals surface area contributed by atoms with Gasteiger partial charge in [0.05, 0.1) is 16.3 Å². The molecule has 1 aromatic heterocycles. The summed E-state index contributed by atoms with van der Waals surface area (Å²) in [5, 5.41) is 11.3. The van der Waals surface area contributed by atoms with Crippen molar-refractivity contribution in [2.24, 2.45) is 5.92 Å². The monoisotopic (exact) mass is 471 g/mol. The maximum atomic E-state index is 12.7. The topological polar surface area (TPSA) is 57.0 Å². The fourth-order valence-corrected chi connectivity index (χ4v) is 3.81. The molecule has 0 N–H and O–H groups in total. The maximum absolute atomic E-state index is 12.7. The highest BCUT2D eigenvalue weighted by Crippen LogP contribution is 2.39. The van der Waals surface area contributed by atoms with E-state index in [0.29, 0.717) is 43.9 Å². The number of pyridine rings is 1. The minimum absolute atomic E-state index is 0.119. The van der Waals surface area contributed by atoms with Crippen LogP contribution in [0.4, 0.5) is 5.82 Å². The van der Waals surface area contributed by atoms with Gasteiger partial charge < -0.3 is 0 Å². The number of carbonyl (C=O) groups is 1.